The summed E-state index contributed by atoms with van der Waals surface area (Å²) in [7, 11) is 0. The Labute approximate surface area is 138 Å². The third-order valence-corrected chi connectivity index (χ3v) is 4.60. The van der Waals surface area contributed by atoms with E-state index in [2.05, 4.69) is 9.88 Å². The van der Waals surface area contributed by atoms with Crippen LogP contribution in [0.25, 0.3) is 11.1 Å². The Hall–Kier alpha value is -2.18. The molecule has 0 amide bonds. The number of benzene rings is 1. The summed E-state index contributed by atoms with van der Waals surface area (Å²) in [5, 5.41) is 10.3. The molecule has 1 fully saturated rings. The van der Waals surface area contributed by atoms with Crippen LogP contribution in [0, 0.1) is 5.82 Å². The zero-order valence-corrected chi connectivity index (χ0v) is 13.2. The van der Waals surface area contributed by atoms with Crippen molar-refractivity contribution in [2.75, 3.05) is 6.54 Å². The highest BCUT2D eigenvalue weighted by Gasteiger charge is 2.29. The second kappa shape index (κ2) is 6.37. The lowest BCUT2D eigenvalue weighted by Crippen LogP contribution is -2.30. The fourth-order valence-electron chi connectivity index (χ4n) is 3.41. The van der Waals surface area contributed by atoms with E-state index in [1.165, 1.54) is 12.1 Å². The van der Waals surface area contributed by atoms with E-state index in [0.717, 1.165) is 19.4 Å². The lowest BCUT2D eigenvalue weighted by Gasteiger charge is -2.24. The third-order valence-electron chi connectivity index (χ3n) is 4.60. The molecule has 1 aliphatic rings. The number of likely N-dealkylation sites (tertiary alicyclic amines) is 1. The molecule has 4 rings (SSSR count). The number of aromatic nitrogens is 1. The Morgan fingerprint density at radius 1 is 1.38 bits per heavy atom. The first-order chi connectivity index (χ1) is 11.7. The van der Waals surface area contributed by atoms with Gasteiger partial charge in [0.2, 0.25) is 5.89 Å². The highest BCUT2D eigenvalue weighted by atomic mass is 19.1. The molecule has 2 unspecified atom stereocenters. The summed E-state index contributed by atoms with van der Waals surface area (Å²) in [5.41, 5.74) is 1.13. The molecule has 6 heteroatoms. The SMILES string of the molecule is OC(CC1CCCN1Cc1nc2cc(F)ccc2o1)c1ccco1. The minimum atomic E-state index is -0.608. The monoisotopic (exact) mass is 330 g/mol. The molecular weight excluding hydrogens is 311 g/mol. The van der Waals surface area contributed by atoms with Gasteiger partial charge in [-0.05, 0) is 50.1 Å². The van der Waals surface area contributed by atoms with Crippen molar-refractivity contribution in [2.45, 2.75) is 38.0 Å². The molecule has 1 N–H and O–H groups in total. The second-order valence-corrected chi connectivity index (χ2v) is 6.25. The Morgan fingerprint density at radius 2 is 2.29 bits per heavy atom. The van der Waals surface area contributed by atoms with Gasteiger partial charge in [-0.3, -0.25) is 4.90 Å². The van der Waals surface area contributed by atoms with E-state index >= 15 is 0 Å². The van der Waals surface area contributed by atoms with Crippen molar-refractivity contribution in [2.24, 2.45) is 0 Å². The Bertz CT molecular complexity index is 815. The van der Waals surface area contributed by atoms with Crippen molar-refractivity contribution in [3.63, 3.8) is 0 Å². The molecule has 5 nitrogen and oxygen atoms in total. The van der Waals surface area contributed by atoms with E-state index in [4.69, 9.17) is 8.83 Å². The summed E-state index contributed by atoms with van der Waals surface area (Å²) in [6.07, 6.45) is 3.67. The molecule has 0 saturated carbocycles. The average molecular weight is 330 g/mol. The fraction of sp³-hybridized carbons (Fsp3) is 0.389. The second-order valence-electron chi connectivity index (χ2n) is 6.25. The van der Waals surface area contributed by atoms with Crippen LogP contribution in [0.5, 0.6) is 0 Å². The van der Waals surface area contributed by atoms with Crippen LogP contribution in [0.2, 0.25) is 0 Å². The predicted molar refractivity (Wildman–Crippen MR) is 85.7 cm³/mol. The van der Waals surface area contributed by atoms with Crippen LogP contribution in [0.15, 0.2) is 45.4 Å². The number of halogens is 1. The van der Waals surface area contributed by atoms with Gasteiger partial charge in [-0.25, -0.2) is 9.37 Å². The standard InChI is InChI=1S/C18H19FN2O3/c19-12-5-6-16-14(9-12)20-18(24-16)11-21-7-1-3-13(21)10-15(22)17-4-2-8-23-17/h2,4-6,8-9,13,15,22H,1,3,7,10-11H2. The molecular formula is C18H19FN2O3. The Morgan fingerprint density at radius 3 is 3.12 bits per heavy atom. The maximum absolute atomic E-state index is 13.3. The predicted octanol–water partition coefficient (Wildman–Crippen LogP) is 3.65. The van der Waals surface area contributed by atoms with E-state index in [9.17, 15) is 9.50 Å². The highest BCUT2D eigenvalue weighted by Crippen LogP contribution is 2.29. The summed E-state index contributed by atoms with van der Waals surface area (Å²) in [6, 6.07) is 8.17. The molecule has 1 aliphatic heterocycles. The number of furan rings is 1. The number of aliphatic hydroxyl groups excluding tert-OH is 1. The van der Waals surface area contributed by atoms with E-state index in [-0.39, 0.29) is 11.9 Å². The minimum absolute atomic E-state index is 0.247. The molecule has 1 aromatic carbocycles. The maximum atomic E-state index is 13.3. The normalized spacial score (nSPS) is 20.0. The van der Waals surface area contributed by atoms with E-state index in [0.29, 0.717) is 35.7 Å². The average Bonchev–Trinajstić information content (AvgIpc) is 3.28. The Kier molecular flexibility index (Phi) is 4.08. The van der Waals surface area contributed by atoms with Gasteiger partial charge in [0.1, 0.15) is 23.2 Å². The molecule has 2 aromatic heterocycles. The smallest absolute Gasteiger partial charge is 0.209 e. The van der Waals surface area contributed by atoms with Gasteiger partial charge >= 0.3 is 0 Å². The number of aliphatic hydroxyl groups is 1. The van der Waals surface area contributed by atoms with Crippen molar-refractivity contribution in [3.05, 3.63) is 54.1 Å². The lowest BCUT2D eigenvalue weighted by atomic mass is 10.1. The van der Waals surface area contributed by atoms with Crippen LogP contribution in [0.3, 0.4) is 0 Å². The fourth-order valence-corrected chi connectivity index (χ4v) is 3.41. The molecule has 3 heterocycles. The highest BCUT2D eigenvalue weighted by molar-refractivity contribution is 5.72. The number of hydrogen-bond acceptors (Lipinski definition) is 5. The van der Waals surface area contributed by atoms with E-state index < -0.39 is 6.10 Å². The van der Waals surface area contributed by atoms with E-state index in [1.807, 2.05) is 0 Å². The van der Waals surface area contributed by atoms with Crippen LogP contribution in [0.4, 0.5) is 4.39 Å². The van der Waals surface area contributed by atoms with Crippen LogP contribution in [-0.2, 0) is 6.54 Å². The quantitative estimate of drug-likeness (QED) is 0.774. The zero-order chi connectivity index (χ0) is 16.5. The largest absolute Gasteiger partial charge is 0.467 e. The van der Waals surface area contributed by atoms with Gasteiger partial charge in [0.05, 0.1) is 12.8 Å². The van der Waals surface area contributed by atoms with Crippen molar-refractivity contribution < 1.29 is 18.3 Å². The number of oxazole rings is 1. The topological polar surface area (TPSA) is 62.6 Å². The van der Waals surface area contributed by atoms with Gasteiger partial charge in [-0.15, -0.1) is 0 Å². The molecule has 24 heavy (non-hydrogen) atoms. The molecule has 0 radical (unpaired) electrons. The number of nitrogens with zero attached hydrogens (tertiary/aromatic N) is 2. The molecule has 2 atom stereocenters. The first kappa shape index (κ1) is 15.4. The molecule has 0 spiro atoms. The molecule has 3 aromatic rings. The van der Waals surface area contributed by atoms with Crippen LogP contribution in [-0.4, -0.2) is 27.6 Å². The number of fused-ring (bicyclic) bond motifs is 1. The molecule has 126 valence electrons. The van der Waals surface area contributed by atoms with Gasteiger partial charge in [0, 0.05) is 12.1 Å². The summed E-state index contributed by atoms with van der Waals surface area (Å²) < 4.78 is 24.2. The zero-order valence-electron chi connectivity index (χ0n) is 13.2. The van der Waals surface area contributed by atoms with Crippen LogP contribution >= 0.6 is 0 Å². The van der Waals surface area contributed by atoms with Gasteiger partial charge < -0.3 is 13.9 Å². The summed E-state index contributed by atoms with van der Waals surface area (Å²) in [5.74, 6) is 0.858. The van der Waals surface area contributed by atoms with Crippen LogP contribution < -0.4 is 0 Å². The van der Waals surface area contributed by atoms with Gasteiger partial charge in [-0.2, -0.15) is 0 Å². The molecule has 1 saturated heterocycles. The number of rotatable bonds is 5. The summed E-state index contributed by atoms with van der Waals surface area (Å²) in [6.45, 7) is 1.49. The first-order valence-corrected chi connectivity index (χ1v) is 8.19. The van der Waals surface area contributed by atoms with Gasteiger partial charge in [-0.1, -0.05) is 0 Å². The van der Waals surface area contributed by atoms with Crippen molar-refractivity contribution in [3.8, 4) is 0 Å². The number of hydrogen-bond donors (Lipinski definition) is 1. The lowest BCUT2D eigenvalue weighted by molar-refractivity contribution is 0.0967. The molecule has 0 bridgehead atoms. The third kappa shape index (κ3) is 3.07. The Balaban J connectivity index is 1.46. The summed E-state index contributed by atoms with van der Waals surface area (Å²) >= 11 is 0. The first-order valence-electron chi connectivity index (χ1n) is 8.19. The maximum Gasteiger partial charge on any atom is 0.209 e. The van der Waals surface area contributed by atoms with E-state index in [1.54, 1.807) is 24.5 Å². The van der Waals surface area contributed by atoms with Crippen molar-refractivity contribution in [1.82, 2.24) is 9.88 Å². The van der Waals surface area contributed by atoms with Crippen molar-refractivity contribution >= 4 is 11.1 Å². The minimum Gasteiger partial charge on any atom is -0.467 e. The molecule has 0 aliphatic carbocycles. The van der Waals surface area contributed by atoms with Gasteiger partial charge in [0.25, 0.3) is 0 Å². The van der Waals surface area contributed by atoms with Crippen molar-refractivity contribution in [1.29, 1.82) is 0 Å². The summed E-state index contributed by atoms with van der Waals surface area (Å²) in [4.78, 5) is 6.63. The van der Waals surface area contributed by atoms with Crippen LogP contribution in [0.1, 0.15) is 37.0 Å². The van der Waals surface area contributed by atoms with Gasteiger partial charge in [0.15, 0.2) is 5.58 Å².